The number of nitrogens with one attached hydrogen (secondary N) is 1. The fourth-order valence-electron chi connectivity index (χ4n) is 2.41. The van der Waals surface area contributed by atoms with Crippen LogP contribution < -0.4 is 4.72 Å². The van der Waals surface area contributed by atoms with Crippen LogP contribution in [-0.2, 0) is 16.4 Å². The summed E-state index contributed by atoms with van der Waals surface area (Å²) < 4.78 is 33.2. The van der Waals surface area contributed by atoms with Gasteiger partial charge in [-0.25, -0.2) is 13.1 Å². The molecule has 2 aromatic rings. The summed E-state index contributed by atoms with van der Waals surface area (Å²) in [6.07, 6.45) is 4.28. The predicted octanol–water partition coefficient (Wildman–Crippen LogP) is 3.01. The number of thiophene rings is 1. The van der Waals surface area contributed by atoms with E-state index in [1.807, 2.05) is 19.1 Å². The van der Waals surface area contributed by atoms with Gasteiger partial charge in [-0.3, -0.25) is 0 Å². The average molecular weight is 297 g/mol. The number of hydrogen-bond acceptors (Lipinski definition) is 4. The van der Waals surface area contributed by atoms with Gasteiger partial charge in [0.15, 0.2) is 0 Å². The van der Waals surface area contributed by atoms with Gasteiger partial charge in [0, 0.05) is 16.9 Å². The van der Waals surface area contributed by atoms with Crippen LogP contribution in [0.5, 0.6) is 0 Å². The highest BCUT2D eigenvalue weighted by molar-refractivity contribution is 7.91. The van der Waals surface area contributed by atoms with E-state index in [0.717, 1.165) is 35.5 Å². The maximum atomic E-state index is 12.3. The van der Waals surface area contributed by atoms with Gasteiger partial charge in [-0.2, -0.15) is 0 Å². The first-order chi connectivity index (χ1) is 9.06. The van der Waals surface area contributed by atoms with E-state index in [4.69, 9.17) is 4.42 Å². The molecule has 0 saturated carbocycles. The van der Waals surface area contributed by atoms with Gasteiger partial charge in [0.1, 0.15) is 9.97 Å². The molecule has 0 amide bonds. The lowest BCUT2D eigenvalue weighted by atomic mass is 9.94. The van der Waals surface area contributed by atoms with E-state index in [9.17, 15) is 8.42 Å². The number of fused-ring (bicyclic) bond motifs is 1. The maximum Gasteiger partial charge on any atom is 0.250 e. The molecule has 1 aliphatic rings. The Labute approximate surface area is 116 Å². The zero-order valence-corrected chi connectivity index (χ0v) is 12.2. The number of aryl methyl sites for hydroxylation is 2. The molecule has 0 aliphatic heterocycles. The van der Waals surface area contributed by atoms with E-state index in [0.29, 0.717) is 4.21 Å². The van der Waals surface area contributed by atoms with Crippen molar-refractivity contribution >= 4 is 21.4 Å². The Bertz CT molecular complexity index is 684. The van der Waals surface area contributed by atoms with Crippen molar-refractivity contribution in [3.8, 4) is 0 Å². The van der Waals surface area contributed by atoms with E-state index in [1.165, 1.54) is 11.3 Å². The third-order valence-corrected chi connectivity index (χ3v) is 6.29. The second-order valence-electron chi connectivity index (χ2n) is 4.73. The lowest BCUT2D eigenvalue weighted by molar-refractivity contribution is 0.438. The van der Waals surface area contributed by atoms with Gasteiger partial charge < -0.3 is 4.42 Å². The molecular weight excluding hydrogens is 282 g/mol. The molecule has 6 heteroatoms. The molecule has 1 aliphatic carbocycles. The molecule has 0 spiro atoms. The van der Waals surface area contributed by atoms with Crippen LogP contribution in [0.4, 0.5) is 0 Å². The van der Waals surface area contributed by atoms with Crippen LogP contribution in [0.1, 0.15) is 35.1 Å². The van der Waals surface area contributed by atoms with Gasteiger partial charge in [0.2, 0.25) is 0 Å². The van der Waals surface area contributed by atoms with Crippen molar-refractivity contribution in [3.63, 3.8) is 0 Å². The summed E-state index contributed by atoms with van der Waals surface area (Å²) in [6, 6.07) is 5.17. The highest BCUT2D eigenvalue weighted by atomic mass is 32.2. The summed E-state index contributed by atoms with van der Waals surface area (Å²) in [5.41, 5.74) is 0.975. The normalized spacial score (nSPS) is 19.3. The quantitative estimate of drug-likeness (QED) is 0.947. The Morgan fingerprint density at radius 1 is 1.37 bits per heavy atom. The van der Waals surface area contributed by atoms with Crippen molar-refractivity contribution in [1.82, 2.24) is 4.72 Å². The van der Waals surface area contributed by atoms with Crippen LogP contribution in [0.25, 0.3) is 0 Å². The SMILES string of the molecule is Cc1ccc(S(=O)(=O)N[C@H]2CCCc3occc32)s1. The molecule has 0 unspecified atom stereocenters. The van der Waals surface area contributed by atoms with Gasteiger partial charge in [-0.1, -0.05) is 0 Å². The number of furan rings is 1. The number of sulfonamides is 1. The van der Waals surface area contributed by atoms with Crippen molar-refractivity contribution in [2.45, 2.75) is 36.4 Å². The Morgan fingerprint density at radius 2 is 2.21 bits per heavy atom. The maximum absolute atomic E-state index is 12.3. The van der Waals surface area contributed by atoms with E-state index in [-0.39, 0.29) is 6.04 Å². The fraction of sp³-hybridized carbons (Fsp3) is 0.385. The molecule has 2 heterocycles. The minimum Gasteiger partial charge on any atom is -0.469 e. The molecule has 3 rings (SSSR count). The van der Waals surface area contributed by atoms with Crippen molar-refractivity contribution in [2.24, 2.45) is 0 Å². The predicted molar refractivity (Wildman–Crippen MR) is 73.8 cm³/mol. The second-order valence-corrected chi connectivity index (χ2v) is 7.96. The minimum atomic E-state index is -3.43. The van der Waals surface area contributed by atoms with E-state index >= 15 is 0 Å². The molecule has 4 nitrogen and oxygen atoms in total. The Balaban J connectivity index is 1.87. The van der Waals surface area contributed by atoms with Crippen LogP contribution in [0.15, 0.2) is 33.1 Å². The highest BCUT2D eigenvalue weighted by Gasteiger charge is 2.28. The van der Waals surface area contributed by atoms with Gasteiger partial charge >= 0.3 is 0 Å². The van der Waals surface area contributed by atoms with Gasteiger partial charge in [-0.05, 0) is 38.0 Å². The van der Waals surface area contributed by atoms with E-state index < -0.39 is 10.0 Å². The standard InChI is InChI=1S/C13H15NO3S2/c1-9-5-6-13(18-9)19(15,16)14-11-3-2-4-12-10(11)7-8-17-12/h5-8,11,14H,2-4H2,1H3/t11-/m0/s1. The third kappa shape index (κ3) is 2.48. The first-order valence-electron chi connectivity index (χ1n) is 6.21. The van der Waals surface area contributed by atoms with Gasteiger partial charge in [0.25, 0.3) is 10.0 Å². The molecule has 0 fully saturated rings. The molecule has 1 atom stereocenters. The zero-order chi connectivity index (χ0) is 13.5. The Kier molecular flexibility index (Phi) is 3.24. The lowest BCUT2D eigenvalue weighted by Gasteiger charge is -2.22. The van der Waals surface area contributed by atoms with Gasteiger partial charge in [0.05, 0.1) is 12.3 Å². The highest BCUT2D eigenvalue weighted by Crippen LogP contribution is 2.32. The first-order valence-corrected chi connectivity index (χ1v) is 8.51. The van der Waals surface area contributed by atoms with Crippen molar-refractivity contribution in [2.75, 3.05) is 0 Å². The summed E-state index contributed by atoms with van der Waals surface area (Å²) in [5, 5.41) is 0. The van der Waals surface area contributed by atoms with Crippen molar-refractivity contribution in [1.29, 1.82) is 0 Å². The van der Waals surface area contributed by atoms with Crippen molar-refractivity contribution in [3.05, 3.63) is 40.7 Å². The van der Waals surface area contributed by atoms with Crippen LogP contribution >= 0.6 is 11.3 Å². The molecule has 19 heavy (non-hydrogen) atoms. The van der Waals surface area contributed by atoms with Crippen LogP contribution in [0, 0.1) is 6.92 Å². The van der Waals surface area contributed by atoms with Crippen LogP contribution in [0.2, 0.25) is 0 Å². The number of hydrogen-bond donors (Lipinski definition) is 1. The van der Waals surface area contributed by atoms with Crippen LogP contribution in [0.3, 0.4) is 0 Å². The molecule has 0 radical (unpaired) electrons. The minimum absolute atomic E-state index is 0.171. The molecule has 2 aromatic heterocycles. The zero-order valence-electron chi connectivity index (χ0n) is 10.5. The third-order valence-electron chi connectivity index (χ3n) is 3.33. The summed E-state index contributed by atoms with van der Waals surface area (Å²) in [4.78, 5) is 0.994. The largest absolute Gasteiger partial charge is 0.469 e. The topological polar surface area (TPSA) is 59.3 Å². The van der Waals surface area contributed by atoms with E-state index in [1.54, 1.807) is 12.3 Å². The summed E-state index contributed by atoms with van der Waals surface area (Å²) in [7, 11) is -3.43. The summed E-state index contributed by atoms with van der Waals surface area (Å²) >= 11 is 1.29. The summed E-state index contributed by atoms with van der Waals surface area (Å²) in [5.74, 6) is 0.904. The first kappa shape index (κ1) is 12.9. The molecular formula is C13H15NO3S2. The fourth-order valence-corrected chi connectivity index (χ4v) is 4.96. The molecule has 102 valence electrons. The average Bonchev–Trinajstić information content (AvgIpc) is 2.97. The Morgan fingerprint density at radius 3 is 2.95 bits per heavy atom. The molecule has 0 aromatic carbocycles. The monoisotopic (exact) mass is 297 g/mol. The van der Waals surface area contributed by atoms with Crippen LogP contribution in [-0.4, -0.2) is 8.42 Å². The smallest absolute Gasteiger partial charge is 0.250 e. The molecule has 1 N–H and O–H groups in total. The molecule has 0 saturated heterocycles. The Hall–Kier alpha value is -1.11. The lowest BCUT2D eigenvalue weighted by Crippen LogP contribution is -2.30. The molecule has 0 bridgehead atoms. The second kappa shape index (κ2) is 4.77. The van der Waals surface area contributed by atoms with Crippen molar-refractivity contribution < 1.29 is 12.8 Å². The number of rotatable bonds is 3. The van der Waals surface area contributed by atoms with Gasteiger partial charge in [-0.15, -0.1) is 11.3 Å². The van der Waals surface area contributed by atoms with E-state index in [2.05, 4.69) is 4.72 Å². The summed E-state index contributed by atoms with van der Waals surface area (Å²) in [6.45, 7) is 1.90.